The number of unbranched alkanes of at least 4 members (excludes halogenated alkanes) is 8. The Morgan fingerprint density at radius 1 is 1.00 bits per heavy atom. The van der Waals surface area contributed by atoms with E-state index >= 15 is 0 Å². The largest absolute Gasteiger partial charge is 1.00 e. The van der Waals surface area contributed by atoms with Crippen molar-refractivity contribution in [2.75, 3.05) is 6.61 Å². The Labute approximate surface area is 116 Å². The van der Waals surface area contributed by atoms with Gasteiger partial charge in [-0.3, -0.25) is 0 Å². The van der Waals surface area contributed by atoms with Crippen molar-refractivity contribution in [1.29, 1.82) is 0 Å². The fourth-order valence-corrected chi connectivity index (χ4v) is 1.79. The predicted octanol–water partition coefficient (Wildman–Crippen LogP) is 0.444. The van der Waals surface area contributed by atoms with Gasteiger partial charge in [0.05, 0.1) is 18.0 Å². The third-order valence-corrected chi connectivity index (χ3v) is 2.79. The smallest absolute Gasteiger partial charge is 1.00 e. The molecule has 0 saturated carbocycles. The molecule has 0 aromatic rings. The average Bonchev–Trinajstić information content (AvgIpc) is 2.20. The molecule has 0 N–H and O–H groups in total. The molecule has 0 heterocycles. The maximum absolute atomic E-state index is 10.0. The Kier molecular flexibility index (Phi) is 18.6. The first kappa shape index (κ1) is 19.0. The molecular weight excluding hydrogens is 219 g/mol. The first-order valence-corrected chi connectivity index (χ1v) is 7.00. The van der Waals surface area contributed by atoms with E-state index in [2.05, 4.69) is 11.1 Å². The second-order valence-electron chi connectivity index (χ2n) is 3.85. The molecule has 1 unspecified atom stereocenters. The van der Waals surface area contributed by atoms with Crippen molar-refractivity contribution in [2.45, 2.75) is 64.7 Å². The van der Waals surface area contributed by atoms with E-state index in [0.29, 0.717) is 6.61 Å². The summed E-state index contributed by atoms with van der Waals surface area (Å²) in [5, 5.41) is 0. The third kappa shape index (κ3) is 17.1. The van der Waals surface area contributed by atoms with Crippen molar-refractivity contribution in [3.63, 3.8) is 0 Å². The molecule has 0 bridgehead atoms. The Bertz CT molecular complexity index is 162. The van der Waals surface area contributed by atoms with E-state index < -0.39 is 11.4 Å². The zero-order chi connectivity index (χ0) is 11.4. The summed E-state index contributed by atoms with van der Waals surface area (Å²) in [4.78, 5) is 0. The minimum atomic E-state index is -2.33. The van der Waals surface area contributed by atoms with Crippen molar-refractivity contribution >= 4 is 11.4 Å². The van der Waals surface area contributed by atoms with Crippen LogP contribution in [0.15, 0.2) is 0 Å². The maximum atomic E-state index is 10.0. The normalized spacial score (nSPS) is 12.1. The molecule has 0 fully saturated rings. The first-order chi connectivity index (χ1) is 7.27. The van der Waals surface area contributed by atoms with Crippen LogP contribution in [0.3, 0.4) is 0 Å². The summed E-state index contributed by atoms with van der Waals surface area (Å²) in [5.41, 5.74) is 0. The van der Waals surface area contributed by atoms with Crippen LogP contribution in [0.5, 0.6) is 0 Å². The predicted molar refractivity (Wildman–Crippen MR) is 63.2 cm³/mol. The summed E-state index contributed by atoms with van der Waals surface area (Å²) in [6.07, 6.45) is 11.0. The van der Waals surface area contributed by atoms with Crippen molar-refractivity contribution in [3.8, 4) is 0 Å². The van der Waals surface area contributed by atoms with Crippen molar-refractivity contribution in [3.05, 3.63) is 0 Å². The van der Waals surface area contributed by atoms with E-state index in [1.54, 1.807) is 0 Å². The van der Waals surface area contributed by atoms with Gasteiger partial charge in [-0.15, -0.1) is 0 Å². The van der Waals surface area contributed by atoms with E-state index in [-0.39, 0.29) is 20.3 Å². The van der Waals surface area contributed by atoms with Gasteiger partial charge in [-0.1, -0.05) is 58.3 Å². The zero-order valence-electron chi connectivity index (χ0n) is 11.7. The van der Waals surface area contributed by atoms with Gasteiger partial charge in [-0.25, -0.2) is 4.21 Å². The Hall–Kier alpha value is 0.667. The van der Waals surface area contributed by atoms with Crippen LogP contribution in [0.2, 0.25) is 0 Å². The SMILES string of the molecule is CCCCCCCCCCCOS(=O)[O-].[H-].[Li+]. The van der Waals surface area contributed by atoms with Gasteiger partial charge in [0.1, 0.15) is 0 Å². The third-order valence-electron chi connectivity index (χ3n) is 2.43. The van der Waals surface area contributed by atoms with Crippen LogP contribution in [-0.2, 0) is 15.5 Å². The standard InChI is InChI=1S/C11H24O3S.Li.H/c1-2-3-4-5-6-7-8-9-10-11-14-15(12)13;;/h2-11H2,1H3,(H,12,13);;/q;+1;-1/p-1. The van der Waals surface area contributed by atoms with Gasteiger partial charge in [0.2, 0.25) is 0 Å². The second-order valence-corrected chi connectivity index (χ2v) is 4.50. The Morgan fingerprint density at radius 2 is 1.44 bits per heavy atom. The number of rotatable bonds is 11. The number of hydrogen-bond donors (Lipinski definition) is 0. The molecule has 0 saturated heterocycles. The van der Waals surface area contributed by atoms with Crippen molar-refractivity contribution in [1.82, 2.24) is 0 Å². The Morgan fingerprint density at radius 3 is 1.88 bits per heavy atom. The van der Waals surface area contributed by atoms with Gasteiger partial charge in [-0.2, -0.15) is 0 Å². The molecule has 0 aromatic carbocycles. The topological polar surface area (TPSA) is 49.4 Å². The fourth-order valence-electron chi connectivity index (χ4n) is 1.54. The van der Waals surface area contributed by atoms with Crippen LogP contribution >= 0.6 is 0 Å². The van der Waals surface area contributed by atoms with E-state index in [0.717, 1.165) is 12.8 Å². The summed E-state index contributed by atoms with van der Waals surface area (Å²) in [7, 11) is 0. The molecule has 0 radical (unpaired) electrons. The monoisotopic (exact) mass is 243 g/mol. The summed E-state index contributed by atoms with van der Waals surface area (Å²) >= 11 is -2.33. The van der Waals surface area contributed by atoms with Crippen LogP contribution in [0, 0.1) is 0 Å². The summed E-state index contributed by atoms with van der Waals surface area (Å²) < 4.78 is 24.4. The molecule has 0 rings (SSSR count). The van der Waals surface area contributed by atoms with Gasteiger partial charge in [-0.05, 0) is 6.42 Å². The molecule has 5 heteroatoms. The maximum Gasteiger partial charge on any atom is 1.00 e. The molecule has 3 nitrogen and oxygen atoms in total. The van der Waals surface area contributed by atoms with Crippen LogP contribution in [-0.4, -0.2) is 15.4 Å². The minimum absolute atomic E-state index is 0. The molecule has 1 atom stereocenters. The van der Waals surface area contributed by atoms with Crippen LogP contribution < -0.4 is 18.9 Å². The summed E-state index contributed by atoms with van der Waals surface area (Å²) in [5.74, 6) is 0. The molecule has 0 spiro atoms. The van der Waals surface area contributed by atoms with Gasteiger partial charge in [0, 0.05) is 0 Å². The summed E-state index contributed by atoms with van der Waals surface area (Å²) in [6, 6.07) is 0. The quantitative estimate of drug-likeness (QED) is 0.301. The molecule has 0 aliphatic heterocycles. The fraction of sp³-hybridized carbons (Fsp3) is 1.00. The van der Waals surface area contributed by atoms with Crippen molar-refractivity contribution in [2.24, 2.45) is 0 Å². The molecule has 0 aromatic heterocycles. The Balaban J connectivity index is -0.000000980. The van der Waals surface area contributed by atoms with Gasteiger partial charge in [0.25, 0.3) is 0 Å². The molecule has 16 heavy (non-hydrogen) atoms. The zero-order valence-corrected chi connectivity index (χ0v) is 11.5. The first-order valence-electron chi connectivity index (χ1n) is 6.00. The van der Waals surface area contributed by atoms with Gasteiger partial charge < -0.3 is 10.2 Å². The van der Waals surface area contributed by atoms with Crippen molar-refractivity contribution < 1.29 is 33.2 Å². The molecule has 0 aliphatic rings. The van der Waals surface area contributed by atoms with Crippen LogP contribution in [0.4, 0.5) is 0 Å². The van der Waals surface area contributed by atoms with E-state index in [1.807, 2.05) is 0 Å². The number of hydrogen-bond acceptors (Lipinski definition) is 3. The second kappa shape index (κ2) is 15.7. The molecule has 94 valence electrons. The minimum Gasteiger partial charge on any atom is -1.00 e. The van der Waals surface area contributed by atoms with Crippen LogP contribution in [0.25, 0.3) is 0 Å². The van der Waals surface area contributed by atoms with Crippen LogP contribution in [0.1, 0.15) is 66.1 Å². The van der Waals surface area contributed by atoms with E-state index in [1.165, 1.54) is 44.9 Å². The molecule has 0 amide bonds. The van der Waals surface area contributed by atoms with Gasteiger partial charge >= 0.3 is 18.9 Å². The average molecular weight is 243 g/mol. The van der Waals surface area contributed by atoms with E-state index in [4.69, 9.17) is 0 Å². The van der Waals surface area contributed by atoms with Gasteiger partial charge in [0.15, 0.2) is 0 Å². The molecule has 0 aliphatic carbocycles. The van der Waals surface area contributed by atoms with E-state index in [9.17, 15) is 8.76 Å². The molecular formula is C11H24LiO3S-. The summed E-state index contributed by atoms with van der Waals surface area (Å²) in [6.45, 7) is 2.56.